The Labute approximate surface area is 183 Å². The molecule has 7 nitrogen and oxygen atoms in total. The summed E-state index contributed by atoms with van der Waals surface area (Å²) in [6, 6.07) is 7.96. The van der Waals surface area contributed by atoms with Gasteiger partial charge in [-0.05, 0) is 68.0 Å². The van der Waals surface area contributed by atoms with Crippen molar-refractivity contribution in [2.24, 2.45) is 11.8 Å². The first-order valence-electron chi connectivity index (χ1n) is 10.7. The highest BCUT2D eigenvalue weighted by Gasteiger charge is 2.42. The van der Waals surface area contributed by atoms with Gasteiger partial charge in [0.2, 0.25) is 0 Å². The average Bonchev–Trinajstić information content (AvgIpc) is 2.77. The van der Waals surface area contributed by atoms with Gasteiger partial charge in [0.05, 0.1) is 31.3 Å². The first-order valence-corrected chi connectivity index (χ1v) is 10.7. The molecule has 0 saturated carbocycles. The molecular weight excluding hydrogens is 396 g/mol. The topological polar surface area (TPSA) is 103 Å². The van der Waals surface area contributed by atoms with Crippen LogP contribution in [0.2, 0.25) is 0 Å². The van der Waals surface area contributed by atoms with E-state index in [2.05, 4.69) is 22.5 Å². The second-order valence-corrected chi connectivity index (χ2v) is 8.42. The van der Waals surface area contributed by atoms with Crippen molar-refractivity contribution in [3.63, 3.8) is 0 Å². The fourth-order valence-electron chi connectivity index (χ4n) is 4.70. The van der Waals surface area contributed by atoms with Crippen LogP contribution in [0.4, 0.5) is 0 Å². The van der Waals surface area contributed by atoms with Crippen LogP contribution in [0, 0.1) is 11.8 Å². The van der Waals surface area contributed by atoms with Crippen LogP contribution in [0.25, 0.3) is 10.9 Å². The third-order valence-corrected chi connectivity index (χ3v) is 6.29. The Bertz CT molecular complexity index is 916. The van der Waals surface area contributed by atoms with Gasteiger partial charge in [-0.25, -0.2) is 0 Å². The SMILES string of the molecule is C=C[C@H]1CN2CC[C@H]1C[C@H]2[C@H](O)c1ccnc2ccc(OC)cc12.CC(O)CC(=O)O. The molecule has 5 rings (SSSR count). The van der Waals surface area contributed by atoms with Crippen LogP contribution in [-0.2, 0) is 4.79 Å². The highest BCUT2D eigenvalue weighted by molar-refractivity contribution is 5.84. The number of aliphatic hydroxyl groups excluding tert-OH is 2. The summed E-state index contributed by atoms with van der Waals surface area (Å²) in [6.45, 7) is 7.51. The lowest BCUT2D eigenvalue weighted by Crippen LogP contribution is -2.54. The van der Waals surface area contributed by atoms with Crippen LogP contribution < -0.4 is 4.74 Å². The monoisotopic (exact) mass is 428 g/mol. The van der Waals surface area contributed by atoms with E-state index < -0.39 is 18.2 Å². The number of hydrogen-bond donors (Lipinski definition) is 3. The summed E-state index contributed by atoms with van der Waals surface area (Å²) in [5.41, 5.74) is 1.85. The lowest BCUT2D eigenvalue weighted by atomic mass is 9.73. The van der Waals surface area contributed by atoms with Crippen molar-refractivity contribution in [1.82, 2.24) is 9.88 Å². The predicted octanol–water partition coefficient (Wildman–Crippen LogP) is 3.02. The fourth-order valence-corrected chi connectivity index (χ4v) is 4.70. The number of nitrogens with zero attached hydrogens (tertiary/aromatic N) is 2. The average molecular weight is 429 g/mol. The molecule has 1 aromatic carbocycles. The van der Waals surface area contributed by atoms with Gasteiger partial charge >= 0.3 is 5.97 Å². The van der Waals surface area contributed by atoms with Crippen molar-refractivity contribution in [3.05, 3.63) is 48.7 Å². The summed E-state index contributed by atoms with van der Waals surface area (Å²) >= 11 is 0. The number of benzene rings is 1. The highest BCUT2D eigenvalue weighted by Crippen LogP contribution is 2.42. The summed E-state index contributed by atoms with van der Waals surface area (Å²) < 4.78 is 5.35. The number of hydrogen-bond acceptors (Lipinski definition) is 6. The van der Waals surface area contributed by atoms with Gasteiger partial charge in [0, 0.05) is 24.2 Å². The minimum Gasteiger partial charge on any atom is -0.497 e. The second-order valence-electron chi connectivity index (χ2n) is 8.42. The minimum absolute atomic E-state index is 0.167. The van der Waals surface area contributed by atoms with E-state index in [9.17, 15) is 9.90 Å². The standard InChI is InChI=1S/C20H24N2O2.C4H8O3/c1-3-13-12-22-9-7-14(13)10-19(22)20(23)16-6-8-21-18-5-4-15(24-2)11-17(16)18;1-3(5)2-4(6)7/h3-6,8,11,13-14,19-20,23H,1,7,9-10,12H2,2H3;3,5H,2H2,1H3,(H,6,7)/t13-,14-,19-,20+;/m0./s1. The maximum absolute atomic E-state index is 11.2. The number of ether oxygens (including phenoxy) is 1. The van der Waals surface area contributed by atoms with E-state index in [4.69, 9.17) is 14.9 Å². The third kappa shape index (κ3) is 5.42. The van der Waals surface area contributed by atoms with Gasteiger partial charge < -0.3 is 20.1 Å². The summed E-state index contributed by atoms with van der Waals surface area (Å²) in [5.74, 6) is 1.04. The Hall–Kier alpha value is -2.48. The van der Waals surface area contributed by atoms with E-state index in [0.29, 0.717) is 11.8 Å². The van der Waals surface area contributed by atoms with Crippen molar-refractivity contribution >= 4 is 16.9 Å². The van der Waals surface area contributed by atoms with Crippen molar-refractivity contribution in [1.29, 1.82) is 0 Å². The molecule has 3 saturated heterocycles. The number of aliphatic carboxylic acids is 1. The second kappa shape index (κ2) is 10.2. The Morgan fingerprint density at radius 3 is 2.71 bits per heavy atom. The molecule has 1 aromatic heterocycles. The Balaban J connectivity index is 0.000000339. The van der Waals surface area contributed by atoms with Crippen LogP contribution in [0.1, 0.15) is 37.9 Å². The number of carboxylic acid groups (broad SMARTS) is 1. The van der Waals surface area contributed by atoms with Crippen LogP contribution in [-0.4, -0.2) is 63.5 Å². The first-order chi connectivity index (χ1) is 14.8. The molecule has 0 spiro atoms. The molecular formula is C24H32N2O5. The van der Waals surface area contributed by atoms with Crippen LogP contribution >= 0.6 is 0 Å². The Morgan fingerprint density at radius 2 is 2.16 bits per heavy atom. The van der Waals surface area contributed by atoms with Crippen molar-refractivity contribution in [3.8, 4) is 5.75 Å². The zero-order valence-electron chi connectivity index (χ0n) is 18.1. The zero-order valence-corrected chi connectivity index (χ0v) is 18.1. The molecule has 2 aromatic rings. The Kier molecular flexibility index (Phi) is 7.64. The number of methoxy groups -OCH3 is 1. The van der Waals surface area contributed by atoms with Gasteiger partial charge in [-0.3, -0.25) is 14.7 Å². The summed E-state index contributed by atoms with van der Waals surface area (Å²) in [7, 11) is 1.66. The summed E-state index contributed by atoms with van der Waals surface area (Å²) in [5, 5.41) is 28.4. The van der Waals surface area contributed by atoms with E-state index in [0.717, 1.165) is 41.7 Å². The normalized spacial score (nSPS) is 26.5. The molecule has 3 aliphatic heterocycles. The predicted molar refractivity (Wildman–Crippen MR) is 119 cm³/mol. The molecule has 2 bridgehead atoms. The molecule has 3 aliphatic rings. The highest BCUT2D eigenvalue weighted by atomic mass is 16.5. The molecule has 3 N–H and O–H groups in total. The van der Waals surface area contributed by atoms with Gasteiger partial charge in [-0.15, -0.1) is 6.58 Å². The fraction of sp³-hybridized carbons (Fsp3) is 0.500. The number of aromatic nitrogens is 1. The van der Waals surface area contributed by atoms with Gasteiger partial charge in [-0.2, -0.15) is 0 Å². The largest absolute Gasteiger partial charge is 0.497 e. The number of carboxylic acids is 1. The molecule has 3 fully saturated rings. The molecule has 168 valence electrons. The van der Waals surface area contributed by atoms with E-state index in [1.54, 1.807) is 13.3 Å². The van der Waals surface area contributed by atoms with Gasteiger partial charge in [0.25, 0.3) is 0 Å². The minimum atomic E-state index is -0.963. The lowest BCUT2D eigenvalue weighted by molar-refractivity contribution is -0.138. The van der Waals surface area contributed by atoms with E-state index in [1.165, 1.54) is 13.3 Å². The smallest absolute Gasteiger partial charge is 0.305 e. The maximum Gasteiger partial charge on any atom is 0.305 e. The number of pyridine rings is 1. The molecule has 7 heteroatoms. The number of fused-ring (bicyclic) bond motifs is 4. The number of aliphatic hydroxyl groups is 2. The zero-order chi connectivity index (χ0) is 22.5. The van der Waals surface area contributed by atoms with E-state index in [1.807, 2.05) is 24.3 Å². The van der Waals surface area contributed by atoms with Crippen molar-refractivity contribution in [2.75, 3.05) is 20.2 Å². The number of carbonyl (C=O) groups is 1. The molecule has 6 atom stereocenters. The lowest BCUT2D eigenvalue weighted by Gasteiger charge is -2.50. The number of piperidine rings is 3. The molecule has 0 aliphatic carbocycles. The maximum atomic E-state index is 11.2. The van der Waals surface area contributed by atoms with Crippen LogP contribution in [0.3, 0.4) is 0 Å². The molecule has 0 radical (unpaired) electrons. The third-order valence-electron chi connectivity index (χ3n) is 6.29. The quantitative estimate of drug-likeness (QED) is 0.608. The van der Waals surface area contributed by atoms with Crippen LogP contribution in [0.5, 0.6) is 5.75 Å². The molecule has 4 heterocycles. The van der Waals surface area contributed by atoms with Gasteiger partial charge in [0.15, 0.2) is 0 Å². The number of rotatable bonds is 6. The van der Waals surface area contributed by atoms with Crippen LogP contribution in [0.15, 0.2) is 43.1 Å². The molecule has 0 amide bonds. The van der Waals surface area contributed by atoms with Crippen molar-refractivity contribution < 1.29 is 24.9 Å². The van der Waals surface area contributed by atoms with Gasteiger partial charge in [0.1, 0.15) is 5.75 Å². The molecule has 2 unspecified atom stereocenters. The van der Waals surface area contributed by atoms with E-state index in [-0.39, 0.29) is 12.5 Å². The first kappa shape index (κ1) is 23.2. The Morgan fingerprint density at radius 1 is 1.39 bits per heavy atom. The summed E-state index contributed by atoms with van der Waals surface area (Å²) in [4.78, 5) is 16.5. The van der Waals surface area contributed by atoms with E-state index >= 15 is 0 Å². The van der Waals surface area contributed by atoms with Crippen molar-refractivity contribution in [2.45, 2.75) is 44.4 Å². The molecule has 31 heavy (non-hydrogen) atoms. The van der Waals surface area contributed by atoms with Gasteiger partial charge in [-0.1, -0.05) is 6.08 Å². The summed E-state index contributed by atoms with van der Waals surface area (Å²) in [6.07, 6.45) is 4.73.